The van der Waals surface area contributed by atoms with Crippen molar-refractivity contribution >= 4 is 5.69 Å². The zero-order chi connectivity index (χ0) is 13.4. The summed E-state index contributed by atoms with van der Waals surface area (Å²) >= 11 is 0. The van der Waals surface area contributed by atoms with Crippen LogP contribution in [0.2, 0.25) is 0 Å². The van der Waals surface area contributed by atoms with E-state index in [9.17, 15) is 14.5 Å². The first-order valence-electron chi connectivity index (χ1n) is 6.82. The second-order valence-electron chi connectivity index (χ2n) is 5.59. The average Bonchev–Trinajstić information content (AvgIpc) is 3.25. The molecule has 0 amide bonds. The predicted octanol–water partition coefficient (Wildman–Crippen LogP) is 3.01. The van der Waals surface area contributed by atoms with E-state index in [0.717, 1.165) is 11.8 Å². The van der Waals surface area contributed by atoms with Crippen LogP contribution in [0.25, 0.3) is 0 Å². The van der Waals surface area contributed by atoms with E-state index in [-0.39, 0.29) is 0 Å². The van der Waals surface area contributed by atoms with Crippen LogP contribution in [0.4, 0.5) is 10.1 Å². The molecule has 1 aromatic rings. The molecule has 19 heavy (non-hydrogen) atoms. The van der Waals surface area contributed by atoms with Crippen LogP contribution in [0, 0.1) is 27.8 Å². The second-order valence-corrected chi connectivity index (χ2v) is 5.59. The fraction of sp³-hybridized carbons (Fsp3) is 0.571. The van der Waals surface area contributed by atoms with Gasteiger partial charge in [-0.1, -0.05) is 12.1 Å². The molecule has 5 heteroatoms. The van der Waals surface area contributed by atoms with Crippen molar-refractivity contribution in [3.05, 3.63) is 39.7 Å². The Kier molecular flexibility index (Phi) is 3.22. The molecule has 0 aliphatic heterocycles. The number of nitrogens with one attached hydrogen (secondary N) is 1. The number of nitro groups is 1. The Balaban J connectivity index is 1.68. The molecule has 2 saturated carbocycles. The lowest BCUT2D eigenvalue weighted by Gasteiger charge is -2.17. The quantitative estimate of drug-likeness (QED) is 0.634. The van der Waals surface area contributed by atoms with Gasteiger partial charge in [0, 0.05) is 24.2 Å². The molecule has 2 fully saturated rings. The number of hydrogen-bond acceptors (Lipinski definition) is 3. The number of rotatable bonds is 6. The van der Waals surface area contributed by atoms with E-state index < -0.39 is 16.4 Å². The summed E-state index contributed by atoms with van der Waals surface area (Å²) in [7, 11) is 0. The number of halogens is 1. The standard InChI is InChI=1S/C14H17FN2O2/c15-13-11(2-1-3-12(13)17(18)19)8-16-14(9-4-5-9)10-6-7-10/h1-3,9-10,14,16H,4-8H2. The molecular weight excluding hydrogens is 247 g/mol. The fourth-order valence-corrected chi connectivity index (χ4v) is 2.70. The Hall–Kier alpha value is -1.49. The number of nitro benzene ring substituents is 1. The molecule has 0 bridgehead atoms. The van der Waals surface area contributed by atoms with Crippen LogP contribution in [0.15, 0.2) is 18.2 Å². The Morgan fingerprint density at radius 2 is 1.95 bits per heavy atom. The normalized spacial score (nSPS) is 18.8. The molecule has 0 saturated heterocycles. The summed E-state index contributed by atoms with van der Waals surface area (Å²) < 4.78 is 13.9. The Morgan fingerprint density at radius 1 is 1.32 bits per heavy atom. The van der Waals surface area contributed by atoms with Crippen LogP contribution >= 0.6 is 0 Å². The number of nitrogens with zero attached hydrogens (tertiary/aromatic N) is 1. The highest BCUT2D eigenvalue weighted by Crippen LogP contribution is 2.44. The largest absolute Gasteiger partial charge is 0.309 e. The van der Waals surface area contributed by atoms with Crippen LogP contribution in [0.5, 0.6) is 0 Å². The van der Waals surface area contributed by atoms with E-state index in [1.165, 1.54) is 31.7 Å². The lowest BCUT2D eigenvalue weighted by atomic mass is 10.1. The molecule has 1 N–H and O–H groups in total. The molecule has 0 spiro atoms. The van der Waals surface area contributed by atoms with Crippen LogP contribution in [-0.2, 0) is 6.54 Å². The van der Waals surface area contributed by atoms with Crippen molar-refractivity contribution in [2.45, 2.75) is 38.3 Å². The van der Waals surface area contributed by atoms with Crippen molar-refractivity contribution in [2.24, 2.45) is 11.8 Å². The minimum Gasteiger partial charge on any atom is -0.309 e. The van der Waals surface area contributed by atoms with Gasteiger partial charge in [0.15, 0.2) is 0 Å². The summed E-state index contributed by atoms with van der Waals surface area (Å²) in [5, 5.41) is 14.1. The first-order chi connectivity index (χ1) is 9.16. The maximum atomic E-state index is 13.9. The molecule has 1 aromatic carbocycles. The van der Waals surface area contributed by atoms with Crippen molar-refractivity contribution in [2.75, 3.05) is 0 Å². The van der Waals surface area contributed by atoms with Crippen molar-refractivity contribution in [1.82, 2.24) is 5.32 Å². The number of benzene rings is 1. The molecule has 2 aliphatic rings. The van der Waals surface area contributed by atoms with Crippen LogP contribution < -0.4 is 5.32 Å². The second kappa shape index (κ2) is 4.89. The molecule has 0 heterocycles. The van der Waals surface area contributed by atoms with Gasteiger partial charge in [0.2, 0.25) is 5.82 Å². The highest BCUT2D eigenvalue weighted by atomic mass is 19.1. The van der Waals surface area contributed by atoms with Gasteiger partial charge in [0.25, 0.3) is 0 Å². The summed E-state index contributed by atoms with van der Waals surface area (Å²) in [6.45, 7) is 0.380. The fourth-order valence-electron chi connectivity index (χ4n) is 2.70. The van der Waals surface area contributed by atoms with Gasteiger partial charge in [-0.3, -0.25) is 10.1 Å². The molecule has 2 aliphatic carbocycles. The minimum absolute atomic E-state index is 0.380. The van der Waals surface area contributed by atoms with Crippen molar-refractivity contribution in [1.29, 1.82) is 0 Å². The van der Waals surface area contributed by atoms with Crippen LogP contribution in [0.3, 0.4) is 0 Å². The summed E-state index contributed by atoms with van der Waals surface area (Å²) in [5.41, 5.74) is -0.0470. The van der Waals surface area contributed by atoms with Crippen molar-refractivity contribution in [3.63, 3.8) is 0 Å². The monoisotopic (exact) mass is 264 g/mol. The van der Waals surface area contributed by atoms with Gasteiger partial charge in [-0.05, 0) is 37.5 Å². The highest BCUT2D eigenvalue weighted by molar-refractivity contribution is 5.36. The molecule has 0 aromatic heterocycles. The third-order valence-corrected chi connectivity index (χ3v) is 4.04. The topological polar surface area (TPSA) is 55.2 Å². The third kappa shape index (κ3) is 2.76. The first kappa shape index (κ1) is 12.5. The Bertz CT molecular complexity index is 486. The van der Waals surface area contributed by atoms with Gasteiger partial charge in [0.05, 0.1) is 4.92 Å². The Morgan fingerprint density at radius 3 is 2.47 bits per heavy atom. The van der Waals surface area contributed by atoms with Gasteiger partial charge < -0.3 is 5.32 Å². The van der Waals surface area contributed by atoms with E-state index in [0.29, 0.717) is 18.2 Å². The molecular formula is C14H17FN2O2. The van der Waals surface area contributed by atoms with Gasteiger partial charge in [-0.25, -0.2) is 0 Å². The van der Waals surface area contributed by atoms with Gasteiger partial charge in [-0.2, -0.15) is 4.39 Å². The van der Waals surface area contributed by atoms with E-state index in [2.05, 4.69) is 5.32 Å². The van der Waals surface area contributed by atoms with Gasteiger partial charge >= 0.3 is 5.69 Å². The molecule has 4 nitrogen and oxygen atoms in total. The van der Waals surface area contributed by atoms with E-state index in [1.807, 2.05) is 0 Å². The summed E-state index contributed by atoms with van der Waals surface area (Å²) in [6.07, 6.45) is 5.02. The number of hydrogen-bond donors (Lipinski definition) is 1. The van der Waals surface area contributed by atoms with Crippen LogP contribution in [0.1, 0.15) is 31.2 Å². The molecule has 0 unspecified atom stereocenters. The summed E-state index contributed by atoms with van der Waals surface area (Å²) in [5.74, 6) is 0.758. The van der Waals surface area contributed by atoms with Gasteiger partial charge in [-0.15, -0.1) is 0 Å². The maximum Gasteiger partial charge on any atom is 0.305 e. The zero-order valence-corrected chi connectivity index (χ0v) is 10.6. The average molecular weight is 264 g/mol. The lowest BCUT2D eigenvalue weighted by Crippen LogP contribution is -2.32. The molecule has 0 radical (unpaired) electrons. The van der Waals surface area contributed by atoms with Crippen LogP contribution in [-0.4, -0.2) is 11.0 Å². The molecule has 0 atom stereocenters. The van der Waals surface area contributed by atoms with Crippen molar-refractivity contribution < 1.29 is 9.31 Å². The first-order valence-corrected chi connectivity index (χ1v) is 6.82. The Labute approximate surface area is 111 Å². The predicted molar refractivity (Wildman–Crippen MR) is 69.1 cm³/mol. The van der Waals surface area contributed by atoms with Crippen molar-refractivity contribution in [3.8, 4) is 0 Å². The maximum absolute atomic E-state index is 13.9. The third-order valence-electron chi connectivity index (χ3n) is 4.04. The van der Waals surface area contributed by atoms with E-state index in [4.69, 9.17) is 0 Å². The molecule has 102 valence electrons. The van der Waals surface area contributed by atoms with E-state index >= 15 is 0 Å². The van der Waals surface area contributed by atoms with E-state index in [1.54, 1.807) is 12.1 Å². The lowest BCUT2D eigenvalue weighted by molar-refractivity contribution is -0.387. The molecule has 3 rings (SSSR count). The minimum atomic E-state index is -0.703. The summed E-state index contributed by atoms with van der Waals surface area (Å²) in [4.78, 5) is 10.0. The smallest absolute Gasteiger partial charge is 0.305 e. The zero-order valence-electron chi connectivity index (χ0n) is 10.6. The van der Waals surface area contributed by atoms with Gasteiger partial charge in [0.1, 0.15) is 0 Å². The summed E-state index contributed by atoms with van der Waals surface area (Å²) in [6, 6.07) is 4.84. The SMILES string of the molecule is O=[N+]([O-])c1cccc(CNC(C2CC2)C2CC2)c1F. The highest BCUT2D eigenvalue weighted by Gasteiger charge is 2.41.